The summed E-state index contributed by atoms with van der Waals surface area (Å²) in [6.07, 6.45) is 10.9. The Kier molecular flexibility index (Phi) is 11.0. The van der Waals surface area contributed by atoms with Crippen molar-refractivity contribution in [2.24, 2.45) is 0 Å². The molecular weight excluding hydrogens is 617 g/mol. The van der Waals surface area contributed by atoms with Crippen LogP contribution in [0.2, 0.25) is 10.0 Å². The lowest BCUT2D eigenvalue weighted by Crippen LogP contribution is -2.29. The SMILES string of the molecule is CCCCCCCCN1C(=O)C(=Cc2cn(-c3ccccc3)nc2-c2ccc(OCc3ccc(Cl)cc3Cl)cc2)SC1=S. The Labute approximate surface area is 272 Å². The Morgan fingerprint density at radius 2 is 1.70 bits per heavy atom. The molecule has 4 aromatic rings. The van der Waals surface area contributed by atoms with Gasteiger partial charge < -0.3 is 4.74 Å². The monoisotopic (exact) mass is 649 g/mol. The molecule has 5 rings (SSSR count). The summed E-state index contributed by atoms with van der Waals surface area (Å²) in [6.45, 7) is 3.20. The maximum absolute atomic E-state index is 13.4. The second kappa shape index (κ2) is 15.1. The molecule has 1 amide bonds. The number of thiocarbonyl (C=S) groups is 1. The Morgan fingerprint density at radius 1 is 0.953 bits per heavy atom. The number of para-hydroxylation sites is 1. The minimum absolute atomic E-state index is 0.0356. The number of nitrogens with zero attached hydrogens (tertiary/aromatic N) is 3. The van der Waals surface area contributed by atoms with Crippen molar-refractivity contribution in [3.8, 4) is 22.7 Å². The third kappa shape index (κ3) is 8.09. The summed E-state index contributed by atoms with van der Waals surface area (Å²) in [5.41, 5.74) is 4.29. The molecule has 0 spiro atoms. The first kappa shape index (κ1) is 31.3. The molecule has 9 heteroatoms. The van der Waals surface area contributed by atoms with E-state index in [4.69, 9.17) is 45.3 Å². The quantitative estimate of drug-likeness (QED) is 0.0819. The minimum atomic E-state index is -0.0356. The summed E-state index contributed by atoms with van der Waals surface area (Å²) in [7, 11) is 0. The van der Waals surface area contributed by atoms with Crippen LogP contribution in [-0.4, -0.2) is 31.5 Å². The predicted octanol–water partition coefficient (Wildman–Crippen LogP) is 9.99. The van der Waals surface area contributed by atoms with Crippen LogP contribution in [0.1, 0.15) is 56.6 Å². The molecule has 0 aliphatic carbocycles. The van der Waals surface area contributed by atoms with Gasteiger partial charge >= 0.3 is 0 Å². The second-order valence-corrected chi connectivity index (χ2v) is 12.9. The first-order valence-electron chi connectivity index (χ1n) is 14.5. The molecule has 1 saturated heterocycles. The number of carbonyl (C=O) groups is 1. The average molecular weight is 651 g/mol. The third-order valence-corrected chi connectivity index (χ3v) is 9.16. The lowest BCUT2D eigenvalue weighted by Gasteiger charge is -2.14. The summed E-state index contributed by atoms with van der Waals surface area (Å²) < 4.78 is 8.43. The Bertz CT molecular complexity index is 1600. The molecule has 0 saturated carbocycles. The van der Waals surface area contributed by atoms with Crippen molar-refractivity contribution in [3.05, 3.63) is 105 Å². The number of halogens is 2. The van der Waals surface area contributed by atoms with Crippen molar-refractivity contribution in [1.29, 1.82) is 0 Å². The second-order valence-electron chi connectivity index (χ2n) is 10.4. The van der Waals surface area contributed by atoms with Gasteiger partial charge in [0.15, 0.2) is 0 Å². The standard InChI is InChI=1S/C34H33Cl2N3O2S2/c1-2-3-4-5-6-10-19-38-33(40)31(43-34(38)42)20-26-22-39(28-11-8-7-9-12-28)37-32(26)24-14-17-29(18-15-24)41-23-25-13-16-27(35)21-30(25)36/h7-9,11-18,20-22H,2-6,10,19,23H2,1H3. The number of amides is 1. The highest BCUT2D eigenvalue weighted by molar-refractivity contribution is 8.26. The van der Waals surface area contributed by atoms with Crippen LogP contribution in [0.5, 0.6) is 5.75 Å². The molecule has 222 valence electrons. The molecule has 3 aromatic carbocycles. The van der Waals surface area contributed by atoms with Gasteiger partial charge in [0.2, 0.25) is 0 Å². The highest BCUT2D eigenvalue weighted by atomic mass is 35.5. The minimum Gasteiger partial charge on any atom is -0.489 e. The number of unbranched alkanes of at least 4 members (excludes halogenated alkanes) is 5. The maximum Gasteiger partial charge on any atom is 0.266 e. The van der Waals surface area contributed by atoms with Gasteiger partial charge in [-0.3, -0.25) is 9.69 Å². The van der Waals surface area contributed by atoms with Crippen molar-refractivity contribution >= 4 is 63.5 Å². The zero-order valence-corrected chi connectivity index (χ0v) is 27.1. The Morgan fingerprint density at radius 3 is 2.44 bits per heavy atom. The van der Waals surface area contributed by atoms with E-state index in [2.05, 4.69) is 6.92 Å². The molecule has 43 heavy (non-hydrogen) atoms. The molecule has 1 fully saturated rings. The predicted molar refractivity (Wildman–Crippen MR) is 183 cm³/mol. The number of ether oxygens (including phenoxy) is 1. The van der Waals surface area contributed by atoms with E-state index in [0.29, 0.717) is 38.2 Å². The van der Waals surface area contributed by atoms with Gasteiger partial charge in [0.05, 0.1) is 16.3 Å². The van der Waals surface area contributed by atoms with Crippen molar-refractivity contribution in [3.63, 3.8) is 0 Å². The van der Waals surface area contributed by atoms with Gasteiger partial charge in [0, 0.05) is 39.5 Å². The maximum atomic E-state index is 13.4. The first-order chi connectivity index (χ1) is 20.9. The van der Waals surface area contributed by atoms with E-state index in [9.17, 15) is 4.79 Å². The lowest BCUT2D eigenvalue weighted by molar-refractivity contribution is -0.122. The van der Waals surface area contributed by atoms with Crippen molar-refractivity contribution in [1.82, 2.24) is 14.7 Å². The first-order valence-corrected chi connectivity index (χ1v) is 16.5. The van der Waals surface area contributed by atoms with Gasteiger partial charge in [0.1, 0.15) is 16.7 Å². The van der Waals surface area contributed by atoms with Crippen LogP contribution in [0.4, 0.5) is 0 Å². The smallest absolute Gasteiger partial charge is 0.266 e. The van der Waals surface area contributed by atoms with Gasteiger partial charge in [-0.2, -0.15) is 5.10 Å². The van der Waals surface area contributed by atoms with Gasteiger partial charge in [-0.05, 0) is 61.0 Å². The van der Waals surface area contributed by atoms with Gasteiger partial charge in [0.25, 0.3) is 5.91 Å². The Hall–Kier alpha value is -3.10. The summed E-state index contributed by atoms with van der Waals surface area (Å²) in [4.78, 5) is 15.7. The number of hydrogen-bond acceptors (Lipinski definition) is 5. The third-order valence-electron chi connectivity index (χ3n) is 7.20. The molecule has 5 nitrogen and oxygen atoms in total. The fourth-order valence-electron chi connectivity index (χ4n) is 4.82. The van der Waals surface area contributed by atoms with Crippen molar-refractivity contribution in [2.75, 3.05) is 6.54 Å². The molecule has 0 bridgehead atoms. The summed E-state index contributed by atoms with van der Waals surface area (Å²) in [6, 6.07) is 23.0. The molecule has 1 aliphatic rings. The molecule has 0 radical (unpaired) electrons. The molecule has 1 aromatic heterocycles. The van der Waals surface area contributed by atoms with E-state index in [1.807, 2.05) is 77.6 Å². The zero-order valence-electron chi connectivity index (χ0n) is 24.0. The number of hydrogen-bond donors (Lipinski definition) is 0. The largest absolute Gasteiger partial charge is 0.489 e. The van der Waals surface area contributed by atoms with Gasteiger partial charge in [-0.1, -0.05) is 110 Å². The van der Waals surface area contributed by atoms with Gasteiger partial charge in [-0.25, -0.2) is 4.68 Å². The zero-order chi connectivity index (χ0) is 30.2. The van der Waals surface area contributed by atoms with Crippen LogP contribution in [0, 0.1) is 0 Å². The van der Waals surface area contributed by atoms with Crippen LogP contribution >= 0.6 is 47.2 Å². The number of benzene rings is 3. The van der Waals surface area contributed by atoms with Crippen LogP contribution in [0.25, 0.3) is 23.0 Å². The number of carbonyl (C=O) groups excluding carboxylic acids is 1. The fourth-order valence-corrected chi connectivity index (χ4v) is 6.59. The van der Waals surface area contributed by atoms with Crippen LogP contribution in [0.15, 0.2) is 83.9 Å². The van der Waals surface area contributed by atoms with Crippen molar-refractivity contribution < 1.29 is 9.53 Å². The highest BCUT2D eigenvalue weighted by Gasteiger charge is 2.32. The number of aromatic nitrogens is 2. The van der Waals surface area contributed by atoms with E-state index in [1.165, 1.54) is 37.4 Å². The summed E-state index contributed by atoms with van der Waals surface area (Å²) in [5, 5.41) is 6.07. The van der Waals surface area contributed by atoms with E-state index in [-0.39, 0.29) is 5.91 Å². The summed E-state index contributed by atoms with van der Waals surface area (Å²) >= 11 is 19.3. The molecule has 0 atom stereocenters. The van der Waals surface area contributed by atoms with Crippen LogP contribution < -0.4 is 4.74 Å². The van der Waals surface area contributed by atoms with E-state index < -0.39 is 0 Å². The molecule has 1 aliphatic heterocycles. The lowest BCUT2D eigenvalue weighted by atomic mass is 10.1. The van der Waals surface area contributed by atoms with E-state index >= 15 is 0 Å². The average Bonchev–Trinajstić information content (AvgIpc) is 3.55. The van der Waals surface area contributed by atoms with Crippen LogP contribution in [-0.2, 0) is 11.4 Å². The van der Waals surface area contributed by atoms with Gasteiger partial charge in [-0.15, -0.1) is 0 Å². The fraction of sp³-hybridized carbons (Fsp3) is 0.265. The molecular formula is C34H33Cl2N3O2S2. The Balaban J connectivity index is 1.35. The summed E-state index contributed by atoms with van der Waals surface area (Å²) in [5.74, 6) is 0.668. The molecule has 2 heterocycles. The highest BCUT2D eigenvalue weighted by Crippen LogP contribution is 2.35. The number of rotatable bonds is 13. The normalized spacial score (nSPS) is 14.2. The number of thioether (sulfide) groups is 1. The molecule has 0 unspecified atom stereocenters. The van der Waals surface area contributed by atoms with E-state index in [0.717, 1.165) is 40.9 Å². The van der Waals surface area contributed by atoms with E-state index in [1.54, 1.807) is 17.0 Å². The van der Waals surface area contributed by atoms with Crippen LogP contribution in [0.3, 0.4) is 0 Å². The molecule has 0 N–H and O–H groups in total. The van der Waals surface area contributed by atoms with Crippen molar-refractivity contribution in [2.45, 2.75) is 52.1 Å². The topological polar surface area (TPSA) is 47.4 Å².